The molecule has 0 radical (unpaired) electrons. The van der Waals surface area contributed by atoms with Crippen molar-refractivity contribution < 1.29 is 18.3 Å². The number of benzene rings is 1. The molecule has 3 nitrogen and oxygen atoms in total. The van der Waals surface area contributed by atoms with Crippen LogP contribution in [0.15, 0.2) is 18.2 Å². The minimum absolute atomic E-state index is 0.00328. The van der Waals surface area contributed by atoms with Crippen LogP contribution < -0.4 is 5.32 Å². The maximum Gasteiger partial charge on any atom is 0.224 e. The van der Waals surface area contributed by atoms with Crippen LogP contribution in [0.5, 0.6) is 0 Å². The van der Waals surface area contributed by atoms with Crippen LogP contribution in [0.4, 0.5) is 8.78 Å². The number of nitrogens with one attached hydrogen (secondary N) is 1. The van der Waals surface area contributed by atoms with Crippen molar-refractivity contribution in [2.24, 2.45) is 0 Å². The quantitative estimate of drug-likeness (QED) is 0.868. The van der Waals surface area contributed by atoms with Gasteiger partial charge in [-0.2, -0.15) is 0 Å². The van der Waals surface area contributed by atoms with Gasteiger partial charge in [0, 0.05) is 19.1 Å². The highest BCUT2D eigenvalue weighted by Gasteiger charge is 2.33. The Morgan fingerprint density at radius 3 is 2.60 bits per heavy atom. The van der Waals surface area contributed by atoms with Crippen molar-refractivity contribution in [3.05, 3.63) is 35.4 Å². The molecule has 1 aromatic rings. The second-order valence-corrected chi connectivity index (χ2v) is 5.27. The van der Waals surface area contributed by atoms with E-state index >= 15 is 0 Å². The summed E-state index contributed by atoms with van der Waals surface area (Å²) in [6.07, 6.45) is 1.30. The fourth-order valence-electron chi connectivity index (χ4n) is 2.23. The van der Waals surface area contributed by atoms with Gasteiger partial charge in [0.2, 0.25) is 5.91 Å². The van der Waals surface area contributed by atoms with Crippen LogP contribution in [0, 0.1) is 11.6 Å². The summed E-state index contributed by atoms with van der Waals surface area (Å²) in [6, 6.07) is 3.45. The van der Waals surface area contributed by atoms with Crippen molar-refractivity contribution in [2.75, 3.05) is 19.1 Å². The molecular weight excluding hydrogens is 288 g/mol. The van der Waals surface area contributed by atoms with E-state index in [0.29, 0.717) is 37.5 Å². The Labute approximate surface area is 121 Å². The molecule has 1 fully saturated rings. The lowest BCUT2D eigenvalue weighted by atomic mass is 9.92. The summed E-state index contributed by atoms with van der Waals surface area (Å²) < 4.78 is 31.2. The molecule has 0 atom stereocenters. The summed E-state index contributed by atoms with van der Waals surface area (Å²) in [5.74, 6) is -1.82. The van der Waals surface area contributed by atoms with Crippen molar-refractivity contribution in [2.45, 2.75) is 24.8 Å². The topological polar surface area (TPSA) is 38.3 Å². The summed E-state index contributed by atoms with van der Waals surface area (Å²) >= 11 is 5.95. The summed E-state index contributed by atoms with van der Waals surface area (Å²) in [5.41, 5.74) is -0.0340. The molecule has 1 amide bonds. The molecule has 1 saturated heterocycles. The van der Waals surface area contributed by atoms with Gasteiger partial charge in [0.25, 0.3) is 0 Å². The standard InChI is InChI=1S/C14H16ClF2NO2/c15-9-14(3-5-20-6-4-14)18-13(19)8-10-1-2-11(16)12(17)7-10/h1-2,7H,3-6,8-9H2,(H,18,19). The van der Waals surface area contributed by atoms with E-state index in [2.05, 4.69) is 5.32 Å². The normalized spacial score (nSPS) is 17.8. The maximum atomic E-state index is 13.1. The monoisotopic (exact) mass is 303 g/mol. The first-order valence-electron chi connectivity index (χ1n) is 6.43. The smallest absolute Gasteiger partial charge is 0.224 e. The highest BCUT2D eigenvalue weighted by molar-refractivity contribution is 6.18. The Balaban J connectivity index is 1.98. The molecule has 1 aliphatic rings. The van der Waals surface area contributed by atoms with Crippen molar-refractivity contribution in [3.63, 3.8) is 0 Å². The molecule has 2 rings (SSSR count). The third kappa shape index (κ3) is 3.67. The summed E-state index contributed by atoms with van der Waals surface area (Å²) in [5, 5.41) is 2.90. The van der Waals surface area contributed by atoms with E-state index < -0.39 is 17.2 Å². The Kier molecular flexibility index (Phi) is 4.94. The number of alkyl halides is 1. The van der Waals surface area contributed by atoms with E-state index in [9.17, 15) is 13.6 Å². The molecule has 1 aromatic carbocycles. The zero-order valence-corrected chi connectivity index (χ0v) is 11.7. The van der Waals surface area contributed by atoms with Crippen LogP contribution in [0.25, 0.3) is 0 Å². The fourth-order valence-corrected chi connectivity index (χ4v) is 2.56. The highest BCUT2D eigenvalue weighted by atomic mass is 35.5. The lowest BCUT2D eigenvalue weighted by Gasteiger charge is -2.36. The van der Waals surface area contributed by atoms with Gasteiger partial charge in [-0.3, -0.25) is 4.79 Å². The number of rotatable bonds is 4. The van der Waals surface area contributed by atoms with Crippen LogP contribution in [0.1, 0.15) is 18.4 Å². The van der Waals surface area contributed by atoms with E-state index in [0.717, 1.165) is 12.1 Å². The van der Waals surface area contributed by atoms with E-state index in [-0.39, 0.29) is 12.3 Å². The van der Waals surface area contributed by atoms with Crippen LogP contribution in [0.3, 0.4) is 0 Å². The molecule has 1 heterocycles. The SMILES string of the molecule is O=C(Cc1ccc(F)c(F)c1)NC1(CCl)CCOCC1. The molecule has 0 bridgehead atoms. The van der Waals surface area contributed by atoms with Gasteiger partial charge in [-0.05, 0) is 30.5 Å². The van der Waals surface area contributed by atoms with Gasteiger partial charge in [0.15, 0.2) is 11.6 Å². The van der Waals surface area contributed by atoms with Crippen molar-refractivity contribution in [3.8, 4) is 0 Å². The lowest BCUT2D eigenvalue weighted by Crippen LogP contribution is -2.53. The third-order valence-corrected chi connectivity index (χ3v) is 3.97. The van der Waals surface area contributed by atoms with Crippen molar-refractivity contribution in [1.29, 1.82) is 0 Å². The van der Waals surface area contributed by atoms with E-state index in [4.69, 9.17) is 16.3 Å². The molecule has 20 heavy (non-hydrogen) atoms. The minimum atomic E-state index is -0.951. The van der Waals surface area contributed by atoms with Gasteiger partial charge >= 0.3 is 0 Å². The first-order valence-corrected chi connectivity index (χ1v) is 6.97. The number of carbonyl (C=O) groups is 1. The zero-order chi connectivity index (χ0) is 14.6. The minimum Gasteiger partial charge on any atom is -0.381 e. The van der Waals surface area contributed by atoms with Gasteiger partial charge in [-0.1, -0.05) is 6.07 Å². The number of halogens is 3. The average Bonchev–Trinajstić information content (AvgIpc) is 2.44. The van der Waals surface area contributed by atoms with Gasteiger partial charge in [0.1, 0.15) is 0 Å². The Morgan fingerprint density at radius 2 is 2.00 bits per heavy atom. The van der Waals surface area contributed by atoms with Crippen molar-refractivity contribution >= 4 is 17.5 Å². The van der Waals surface area contributed by atoms with Crippen LogP contribution >= 0.6 is 11.6 Å². The largest absolute Gasteiger partial charge is 0.381 e. The number of ether oxygens (including phenoxy) is 1. The molecule has 0 spiro atoms. The van der Waals surface area contributed by atoms with Crippen molar-refractivity contribution in [1.82, 2.24) is 5.32 Å². The maximum absolute atomic E-state index is 13.1. The predicted molar refractivity (Wildman–Crippen MR) is 71.7 cm³/mol. The summed E-state index contributed by atoms with van der Waals surface area (Å²) in [7, 11) is 0. The Bertz CT molecular complexity index is 490. The second-order valence-electron chi connectivity index (χ2n) is 5.00. The fraction of sp³-hybridized carbons (Fsp3) is 0.500. The Morgan fingerprint density at radius 1 is 1.30 bits per heavy atom. The number of carbonyl (C=O) groups excluding carboxylic acids is 1. The van der Waals surface area contributed by atoms with Crippen LogP contribution in [-0.2, 0) is 16.0 Å². The van der Waals surface area contributed by atoms with Gasteiger partial charge < -0.3 is 10.1 Å². The molecular formula is C14H16ClF2NO2. The molecule has 6 heteroatoms. The third-order valence-electron chi connectivity index (χ3n) is 3.46. The van der Waals surface area contributed by atoms with E-state index in [1.54, 1.807) is 0 Å². The summed E-state index contributed by atoms with van der Waals surface area (Å²) in [4.78, 5) is 12.0. The molecule has 1 aliphatic heterocycles. The first-order chi connectivity index (χ1) is 9.54. The Hall–Kier alpha value is -1.20. The van der Waals surface area contributed by atoms with Gasteiger partial charge in [-0.15, -0.1) is 11.6 Å². The predicted octanol–water partition coefficient (Wildman–Crippen LogP) is 2.41. The molecule has 0 aromatic heterocycles. The van der Waals surface area contributed by atoms with E-state index in [1.165, 1.54) is 6.07 Å². The van der Waals surface area contributed by atoms with Gasteiger partial charge in [-0.25, -0.2) is 8.78 Å². The van der Waals surface area contributed by atoms with Crippen LogP contribution in [-0.4, -0.2) is 30.5 Å². The highest BCUT2D eigenvalue weighted by Crippen LogP contribution is 2.22. The molecule has 0 unspecified atom stereocenters. The molecule has 1 N–H and O–H groups in total. The zero-order valence-electron chi connectivity index (χ0n) is 10.9. The second kappa shape index (κ2) is 6.50. The lowest BCUT2D eigenvalue weighted by molar-refractivity contribution is -0.123. The van der Waals surface area contributed by atoms with E-state index in [1.807, 2.05) is 0 Å². The van der Waals surface area contributed by atoms with Crippen LogP contribution in [0.2, 0.25) is 0 Å². The van der Waals surface area contributed by atoms with Gasteiger partial charge in [0.05, 0.1) is 12.0 Å². The molecule has 0 aliphatic carbocycles. The number of amides is 1. The average molecular weight is 304 g/mol. The molecule has 110 valence electrons. The first kappa shape index (κ1) is 15.2. The number of hydrogen-bond donors (Lipinski definition) is 1. The summed E-state index contributed by atoms with van der Waals surface area (Å²) in [6.45, 7) is 1.11. The number of hydrogen-bond acceptors (Lipinski definition) is 2. The molecule has 0 saturated carbocycles.